The Morgan fingerprint density at radius 2 is 1.42 bits per heavy atom. The van der Waals surface area contributed by atoms with Gasteiger partial charge in [-0.25, -0.2) is 8.42 Å². The standard InChI is InChI=1S/C26H36N2O2S/c1-20-17-21(2)26(22(3)18-20)31(29,30)28-15-11-25(12-16-28)27-13-9-24(10-14-27)19-23-7-5-4-6-8-23/h4-8,17-18,24-25H,9-16,19H2,1-3H3. The second kappa shape index (κ2) is 9.43. The van der Waals surface area contributed by atoms with Gasteiger partial charge in [0, 0.05) is 19.1 Å². The molecule has 2 saturated heterocycles. The number of nitrogens with zero attached hydrogens (tertiary/aromatic N) is 2. The fourth-order valence-electron chi connectivity index (χ4n) is 5.62. The molecule has 0 atom stereocenters. The molecular weight excluding hydrogens is 404 g/mol. The van der Waals surface area contributed by atoms with E-state index in [0.717, 1.165) is 48.5 Å². The summed E-state index contributed by atoms with van der Waals surface area (Å²) in [6.45, 7) is 9.40. The van der Waals surface area contributed by atoms with Crippen molar-refractivity contribution in [3.05, 3.63) is 64.7 Å². The molecule has 0 unspecified atom stereocenters. The van der Waals surface area contributed by atoms with E-state index in [1.54, 1.807) is 4.31 Å². The van der Waals surface area contributed by atoms with Crippen molar-refractivity contribution < 1.29 is 8.42 Å². The van der Waals surface area contributed by atoms with Gasteiger partial charge >= 0.3 is 0 Å². The van der Waals surface area contributed by atoms with E-state index in [2.05, 4.69) is 35.2 Å². The normalized spacial score (nSPS) is 20.2. The van der Waals surface area contributed by atoms with Crippen LogP contribution in [0.4, 0.5) is 0 Å². The van der Waals surface area contributed by atoms with E-state index in [9.17, 15) is 8.42 Å². The molecule has 5 heteroatoms. The molecule has 168 valence electrons. The van der Waals surface area contributed by atoms with Gasteiger partial charge in [-0.3, -0.25) is 0 Å². The molecule has 0 aromatic heterocycles. The summed E-state index contributed by atoms with van der Waals surface area (Å²) in [6, 6.07) is 15.3. The maximum absolute atomic E-state index is 13.4. The molecule has 2 heterocycles. The topological polar surface area (TPSA) is 40.6 Å². The van der Waals surface area contributed by atoms with Crippen molar-refractivity contribution >= 4 is 10.0 Å². The van der Waals surface area contributed by atoms with Crippen LogP contribution in [0.3, 0.4) is 0 Å². The number of aryl methyl sites for hydroxylation is 3. The number of sulfonamides is 1. The highest BCUT2D eigenvalue weighted by molar-refractivity contribution is 7.89. The first-order valence-corrected chi connectivity index (χ1v) is 13.1. The highest BCUT2D eigenvalue weighted by atomic mass is 32.2. The van der Waals surface area contributed by atoms with Gasteiger partial charge < -0.3 is 4.90 Å². The first kappa shape index (κ1) is 22.5. The van der Waals surface area contributed by atoms with Crippen LogP contribution in [0, 0.1) is 26.7 Å². The van der Waals surface area contributed by atoms with Crippen LogP contribution < -0.4 is 0 Å². The van der Waals surface area contributed by atoms with Crippen LogP contribution in [0.2, 0.25) is 0 Å². The van der Waals surface area contributed by atoms with E-state index in [1.165, 1.54) is 24.8 Å². The lowest BCUT2D eigenvalue weighted by molar-refractivity contribution is 0.0970. The number of likely N-dealkylation sites (tertiary alicyclic amines) is 1. The predicted molar refractivity (Wildman–Crippen MR) is 127 cm³/mol. The van der Waals surface area contributed by atoms with Gasteiger partial charge in [0.05, 0.1) is 4.90 Å². The van der Waals surface area contributed by atoms with Gasteiger partial charge in [0.25, 0.3) is 0 Å². The van der Waals surface area contributed by atoms with Gasteiger partial charge in [-0.05, 0) is 88.6 Å². The number of hydrogen-bond donors (Lipinski definition) is 0. The molecule has 2 aliphatic rings. The third kappa shape index (κ3) is 5.05. The lowest BCUT2D eigenvalue weighted by atomic mass is 9.89. The Labute approximate surface area is 188 Å². The maximum Gasteiger partial charge on any atom is 0.243 e. The Balaban J connectivity index is 1.32. The van der Waals surface area contributed by atoms with E-state index in [4.69, 9.17) is 0 Å². The van der Waals surface area contributed by atoms with Crippen LogP contribution >= 0.6 is 0 Å². The summed E-state index contributed by atoms with van der Waals surface area (Å²) in [4.78, 5) is 3.13. The van der Waals surface area contributed by atoms with E-state index < -0.39 is 10.0 Å². The SMILES string of the molecule is Cc1cc(C)c(S(=O)(=O)N2CCC(N3CCC(Cc4ccccc4)CC3)CC2)c(C)c1. The molecule has 0 N–H and O–H groups in total. The largest absolute Gasteiger partial charge is 0.300 e. The fraction of sp³-hybridized carbons (Fsp3) is 0.538. The van der Waals surface area contributed by atoms with Crippen molar-refractivity contribution in [2.75, 3.05) is 26.2 Å². The molecule has 31 heavy (non-hydrogen) atoms. The van der Waals surface area contributed by atoms with E-state index >= 15 is 0 Å². The first-order valence-electron chi connectivity index (χ1n) is 11.7. The summed E-state index contributed by atoms with van der Waals surface area (Å²) in [5.74, 6) is 0.770. The minimum Gasteiger partial charge on any atom is -0.300 e. The first-order chi connectivity index (χ1) is 14.8. The van der Waals surface area contributed by atoms with Gasteiger partial charge in [0.2, 0.25) is 10.0 Å². The number of piperidine rings is 2. The third-order valence-corrected chi connectivity index (χ3v) is 9.36. The van der Waals surface area contributed by atoms with E-state index in [0.29, 0.717) is 24.0 Å². The monoisotopic (exact) mass is 440 g/mol. The fourth-order valence-corrected chi connectivity index (χ4v) is 7.50. The zero-order valence-electron chi connectivity index (χ0n) is 19.2. The quantitative estimate of drug-likeness (QED) is 0.675. The summed E-state index contributed by atoms with van der Waals surface area (Å²) >= 11 is 0. The molecule has 0 saturated carbocycles. The lowest BCUT2D eigenvalue weighted by Gasteiger charge is -2.41. The average molecular weight is 441 g/mol. The summed E-state index contributed by atoms with van der Waals surface area (Å²) in [5, 5.41) is 0. The van der Waals surface area contributed by atoms with Gasteiger partial charge in [0.1, 0.15) is 0 Å². The molecule has 2 aromatic carbocycles. The Bertz CT molecular complexity index is 964. The highest BCUT2D eigenvalue weighted by Gasteiger charge is 2.34. The van der Waals surface area contributed by atoms with Crippen LogP contribution in [0.5, 0.6) is 0 Å². The summed E-state index contributed by atoms with van der Waals surface area (Å²) < 4.78 is 28.4. The molecule has 2 aromatic rings. The Morgan fingerprint density at radius 1 is 0.839 bits per heavy atom. The van der Waals surface area contributed by atoms with Gasteiger partial charge in [0.15, 0.2) is 0 Å². The van der Waals surface area contributed by atoms with Crippen molar-refractivity contribution in [1.29, 1.82) is 0 Å². The van der Waals surface area contributed by atoms with Gasteiger partial charge in [-0.15, -0.1) is 0 Å². The average Bonchev–Trinajstić information content (AvgIpc) is 2.74. The number of rotatable bonds is 5. The van der Waals surface area contributed by atoms with Crippen molar-refractivity contribution in [2.45, 2.75) is 63.8 Å². The second-order valence-corrected chi connectivity index (χ2v) is 11.4. The molecule has 0 amide bonds. The Kier molecular flexibility index (Phi) is 6.85. The lowest BCUT2D eigenvalue weighted by Crippen LogP contribution is -2.49. The Hall–Kier alpha value is -1.69. The summed E-state index contributed by atoms with van der Waals surface area (Å²) in [7, 11) is -3.42. The number of hydrogen-bond acceptors (Lipinski definition) is 3. The molecule has 0 radical (unpaired) electrons. The summed E-state index contributed by atoms with van der Waals surface area (Å²) in [5.41, 5.74) is 4.28. The minimum atomic E-state index is -3.42. The van der Waals surface area contributed by atoms with Crippen LogP contribution in [-0.2, 0) is 16.4 Å². The van der Waals surface area contributed by atoms with Crippen molar-refractivity contribution in [1.82, 2.24) is 9.21 Å². The van der Waals surface area contributed by atoms with Crippen LogP contribution in [0.1, 0.15) is 47.9 Å². The molecule has 4 rings (SSSR count). The van der Waals surface area contributed by atoms with E-state index in [1.807, 2.05) is 32.9 Å². The Morgan fingerprint density at radius 3 is 2.00 bits per heavy atom. The molecule has 2 aliphatic heterocycles. The molecular formula is C26H36N2O2S. The van der Waals surface area contributed by atoms with Crippen LogP contribution in [0.25, 0.3) is 0 Å². The van der Waals surface area contributed by atoms with Crippen LogP contribution in [0.15, 0.2) is 47.4 Å². The van der Waals surface area contributed by atoms with Crippen molar-refractivity contribution in [3.8, 4) is 0 Å². The molecule has 2 fully saturated rings. The van der Waals surface area contributed by atoms with Crippen molar-refractivity contribution in [3.63, 3.8) is 0 Å². The second-order valence-electron chi connectivity index (χ2n) is 9.53. The smallest absolute Gasteiger partial charge is 0.243 e. The zero-order valence-corrected chi connectivity index (χ0v) is 20.0. The predicted octanol–water partition coefficient (Wildman–Crippen LogP) is 4.72. The van der Waals surface area contributed by atoms with Crippen molar-refractivity contribution in [2.24, 2.45) is 5.92 Å². The minimum absolute atomic E-state index is 0.512. The highest BCUT2D eigenvalue weighted by Crippen LogP contribution is 2.30. The maximum atomic E-state index is 13.4. The number of benzene rings is 2. The van der Waals surface area contributed by atoms with Crippen LogP contribution in [-0.4, -0.2) is 49.8 Å². The van der Waals surface area contributed by atoms with Gasteiger partial charge in [-0.1, -0.05) is 48.0 Å². The molecule has 0 aliphatic carbocycles. The van der Waals surface area contributed by atoms with Gasteiger partial charge in [-0.2, -0.15) is 4.31 Å². The zero-order chi connectivity index (χ0) is 22.0. The third-order valence-electron chi connectivity index (χ3n) is 7.16. The molecule has 0 spiro atoms. The summed E-state index contributed by atoms with van der Waals surface area (Å²) in [6.07, 6.45) is 5.55. The molecule has 0 bridgehead atoms. The van der Waals surface area contributed by atoms with E-state index in [-0.39, 0.29) is 0 Å². The molecule has 4 nitrogen and oxygen atoms in total.